The van der Waals surface area contributed by atoms with E-state index < -0.39 is 0 Å². The molecule has 0 amide bonds. The molecular formula is C14H20N2O2S. The first-order chi connectivity index (χ1) is 9.00. The van der Waals surface area contributed by atoms with E-state index in [0.717, 1.165) is 15.6 Å². The minimum absolute atomic E-state index is 0.0123. The molecule has 0 fully saturated rings. The molecule has 0 spiro atoms. The Kier molecular flexibility index (Phi) is 4.39. The van der Waals surface area contributed by atoms with Crippen LogP contribution in [0.5, 0.6) is 0 Å². The molecule has 2 rings (SSSR count). The maximum atomic E-state index is 9.38. The lowest BCUT2D eigenvalue weighted by Crippen LogP contribution is -2.23. The summed E-state index contributed by atoms with van der Waals surface area (Å²) in [7, 11) is 0. The highest BCUT2D eigenvalue weighted by Crippen LogP contribution is 2.27. The van der Waals surface area contributed by atoms with Crippen LogP contribution in [0.2, 0.25) is 0 Å². The average Bonchev–Trinajstić information content (AvgIpc) is 2.99. The Hall–Kier alpha value is -1.17. The number of rotatable bonds is 5. The van der Waals surface area contributed by atoms with Gasteiger partial charge in [0.1, 0.15) is 5.76 Å². The molecule has 4 nitrogen and oxygen atoms in total. The van der Waals surface area contributed by atoms with Gasteiger partial charge in [0.05, 0.1) is 23.9 Å². The molecule has 2 heterocycles. The van der Waals surface area contributed by atoms with Crippen molar-refractivity contribution in [2.75, 3.05) is 6.61 Å². The second-order valence-corrected chi connectivity index (χ2v) is 6.63. The Morgan fingerprint density at radius 3 is 2.79 bits per heavy atom. The van der Waals surface area contributed by atoms with Crippen molar-refractivity contribution in [3.05, 3.63) is 40.2 Å². The zero-order valence-electron chi connectivity index (χ0n) is 11.5. The van der Waals surface area contributed by atoms with Gasteiger partial charge in [-0.15, -0.1) is 11.3 Å². The van der Waals surface area contributed by atoms with Crippen molar-refractivity contribution in [1.29, 1.82) is 0 Å². The third kappa shape index (κ3) is 3.65. The summed E-state index contributed by atoms with van der Waals surface area (Å²) < 4.78 is 5.30. The number of aromatic nitrogens is 1. The lowest BCUT2D eigenvalue weighted by atomic mass is 9.98. The summed E-state index contributed by atoms with van der Waals surface area (Å²) in [5.74, 6) is 0.753. The number of nitrogens with zero attached hydrogens (tertiary/aromatic N) is 1. The summed E-state index contributed by atoms with van der Waals surface area (Å²) in [6.07, 6.45) is 3.51. The molecule has 104 valence electrons. The minimum Gasteiger partial charge on any atom is -0.468 e. The molecule has 0 aromatic carbocycles. The van der Waals surface area contributed by atoms with Gasteiger partial charge in [-0.2, -0.15) is 0 Å². The highest BCUT2D eigenvalue weighted by atomic mass is 32.1. The lowest BCUT2D eigenvalue weighted by molar-refractivity contribution is 0.226. The van der Waals surface area contributed by atoms with E-state index in [4.69, 9.17) is 4.42 Å². The SMILES string of the molecule is CC(C)(C)c1ncc(CNC(CO)c2ccco2)s1. The van der Waals surface area contributed by atoms with Crippen LogP contribution in [0, 0.1) is 0 Å². The van der Waals surface area contributed by atoms with Gasteiger partial charge in [-0.3, -0.25) is 0 Å². The van der Waals surface area contributed by atoms with Crippen LogP contribution in [0.3, 0.4) is 0 Å². The van der Waals surface area contributed by atoms with Gasteiger partial charge in [0.15, 0.2) is 0 Å². The molecule has 2 N–H and O–H groups in total. The Labute approximate surface area is 117 Å². The minimum atomic E-state index is -0.171. The fourth-order valence-corrected chi connectivity index (χ4v) is 2.63. The third-order valence-electron chi connectivity index (χ3n) is 2.79. The monoisotopic (exact) mass is 280 g/mol. The molecule has 2 aromatic rings. The van der Waals surface area contributed by atoms with Crippen LogP contribution >= 0.6 is 11.3 Å². The van der Waals surface area contributed by atoms with Crippen LogP contribution in [-0.2, 0) is 12.0 Å². The highest BCUT2D eigenvalue weighted by Gasteiger charge is 2.18. The van der Waals surface area contributed by atoms with Crippen molar-refractivity contribution in [1.82, 2.24) is 10.3 Å². The number of nitrogens with one attached hydrogen (secondary N) is 1. The van der Waals surface area contributed by atoms with E-state index in [1.54, 1.807) is 17.6 Å². The zero-order chi connectivity index (χ0) is 13.9. The molecule has 1 atom stereocenters. The van der Waals surface area contributed by atoms with Gasteiger partial charge in [0.25, 0.3) is 0 Å². The van der Waals surface area contributed by atoms with Crippen molar-refractivity contribution in [3.63, 3.8) is 0 Å². The highest BCUT2D eigenvalue weighted by molar-refractivity contribution is 7.11. The number of aliphatic hydroxyl groups excluding tert-OH is 1. The van der Waals surface area contributed by atoms with E-state index in [2.05, 4.69) is 31.1 Å². The predicted molar refractivity (Wildman–Crippen MR) is 76.2 cm³/mol. The number of furan rings is 1. The Balaban J connectivity index is 1.96. The number of aliphatic hydroxyl groups is 1. The first-order valence-corrected chi connectivity index (χ1v) is 7.15. The molecular weight excluding hydrogens is 260 g/mol. The molecule has 1 unspecified atom stereocenters. The molecule has 0 radical (unpaired) electrons. The number of hydrogen-bond donors (Lipinski definition) is 2. The molecule has 0 aliphatic rings. The fourth-order valence-electron chi connectivity index (χ4n) is 1.70. The number of hydrogen-bond acceptors (Lipinski definition) is 5. The largest absolute Gasteiger partial charge is 0.468 e. The van der Waals surface area contributed by atoms with Crippen LogP contribution in [0.25, 0.3) is 0 Å². The standard InChI is InChI=1S/C14H20N2O2S/c1-14(2,3)13-16-8-10(19-13)7-15-11(9-17)12-5-4-6-18-12/h4-6,8,11,15,17H,7,9H2,1-3H3. The topological polar surface area (TPSA) is 58.3 Å². The summed E-state index contributed by atoms with van der Waals surface area (Å²) in [5, 5.41) is 13.8. The third-order valence-corrected chi connectivity index (χ3v) is 4.21. The molecule has 0 saturated heterocycles. The van der Waals surface area contributed by atoms with Crippen molar-refractivity contribution in [2.24, 2.45) is 0 Å². The number of thiazole rings is 1. The first kappa shape index (κ1) is 14.2. The summed E-state index contributed by atoms with van der Waals surface area (Å²) in [6, 6.07) is 3.51. The zero-order valence-corrected chi connectivity index (χ0v) is 12.3. The summed E-state index contributed by atoms with van der Waals surface area (Å²) in [6.45, 7) is 7.16. The maximum absolute atomic E-state index is 9.38. The van der Waals surface area contributed by atoms with E-state index in [0.29, 0.717) is 6.54 Å². The molecule has 2 aromatic heterocycles. The van der Waals surface area contributed by atoms with Gasteiger partial charge in [0.2, 0.25) is 0 Å². The Bertz CT molecular complexity index is 500. The van der Waals surface area contributed by atoms with Crippen molar-refractivity contribution in [3.8, 4) is 0 Å². The van der Waals surface area contributed by atoms with Crippen LogP contribution < -0.4 is 5.32 Å². The molecule has 0 saturated carbocycles. The van der Waals surface area contributed by atoms with E-state index in [-0.39, 0.29) is 18.1 Å². The van der Waals surface area contributed by atoms with E-state index >= 15 is 0 Å². The van der Waals surface area contributed by atoms with Gasteiger partial charge >= 0.3 is 0 Å². The smallest absolute Gasteiger partial charge is 0.123 e. The normalized spacial score (nSPS) is 13.7. The Morgan fingerprint density at radius 1 is 1.47 bits per heavy atom. The van der Waals surface area contributed by atoms with Gasteiger partial charge in [-0.25, -0.2) is 4.98 Å². The maximum Gasteiger partial charge on any atom is 0.123 e. The summed E-state index contributed by atoms with van der Waals surface area (Å²) >= 11 is 1.70. The van der Waals surface area contributed by atoms with Crippen molar-refractivity contribution >= 4 is 11.3 Å². The predicted octanol–water partition coefficient (Wildman–Crippen LogP) is 2.86. The van der Waals surface area contributed by atoms with Gasteiger partial charge in [-0.05, 0) is 12.1 Å². The summed E-state index contributed by atoms with van der Waals surface area (Å²) in [4.78, 5) is 5.61. The first-order valence-electron chi connectivity index (χ1n) is 6.33. The summed E-state index contributed by atoms with van der Waals surface area (Å²) in [5.41, 5.74) is 0.0836. The second kappa shape index (κ2) is 5.86. The molecule has 5 heteroatoms. The molecule has 19 heavy (non-hydrogen) atoms. The van der Waals surface area contributed by atoms with E-state index in [9.17, 15) is 5.11 Å². The van der Waals surface area contributed by atoms with Gasteiger partial charge in [-0.1, -0.05) is 20.8 Å². The average molecular weight is 280 g/mol. The van der Waals surface area contributed by atoms with E-state index in [1.165, 1.54) is 0 Å². The van der Waals surface area contributed by atoms with Crippen LogP contribution in [0.4, 0.5) is 0 Å². The lowest BCUT2D eigenvalue weighted by Gasteiger charge is -2.14. The van der Waals surface area contributed by atoms with Gasteiger partial charge in [0, 0.05) is 23.0 Å². The van der Waals surface area contributed by atoms with Crippen molar-refractivity contribution < 1.29 is 9.52 Å². The molecule has 0 bridgehead atoms. The van der Waals surface area contributed by atoms with Crippen molar-refractivity contribution in [2.45, 2.75) is 38.8 Å². The molecule has 0 aliphatic heterocycles. The second-order valence-electron chi connectivity index (χ2n) is 5.51. The van der Waals surface area contributed by atoms with Crippen LogP contribution in [0.1, 0.15) is 42.5 Å². The molecule has 0 aliphatic carbocycles. The quantitative estimate of drug-likeness (QED) is 0.884. The van der Waals surface area contributed by atoms with Crippen LogP contribution in [-0.4, -0.2) is 16.7 Å². The van der Waals surface area contributed by atoms with E-state index in [1.807, 2.05) is 18.3 Å². The fraction of sp³-hybridized carbons (Fsp3) is 0.500. The Morgan fingerprint density at radius 2 is 2.26 bits per heavy atom. The van der Waals surface area contributed by atoms with Crippen LogP contribution in [0.15, 0.2) is 29.0 Å². The van der Waals surface area contributed by atoms with Gasteiger partial charge < -0.3 is 14.8 Å².